The number of amides is 1. The highest BCUT2D eigenvalue weighted by molar-refractivity contribution is 5.76. The van der Waals surface area contributed by atoms with Gasteiger partial charge in [-0.05, 0) is 19.4 Å². The van der Waals surface area contributed by atoms with Gasteiger partial charge in [-0.25, -0.2) is 0 Å². The lowest BCUT2D eigenvalue weighted by Crippen LogP contribution is -2.39. The van der Waals surface area contributed by atoms with Gasteiger partial charge in [0.15, 0.2) is 0 Å². The van der Waals surface area contributed by atoms with Crippen molar-refractivity contribution in [1.82, 2.24) is 14.4 Å². The molecule has 0 radical (unpaired) electrons. The number of ether oxygens (including phenoxy) is 1. The molecule has 27 heavy (non-hydrogen) atoms. The Labute approximate surface area is 154 Å². The van der Waals surface area contributed by atoms with Gasteiger partial charge in [0, 0.05) is 38.4 Å². The zero-order valence-corrected chi connectivity index (χ0v) is 15.0. The van der Waals surface area contributed by atoms with Crippen molar-refractivity contribution in [2.24, 2.45) is 0 Å². The quantitative estimate of drug-likeness (QED) is 0.702. The van der Waals surface area contributed by atoms with Crippen molar-refractivity contribution in [1.29, 1.82) is 0 Å². The van der Waals surface area contributed by atoms with E-state index in [0.29, 0.717) is 51.5 Å². The number of nitrogens with zero attached hydrogens (tertiary/aromatic N) is 3. The lowest BCUT2D eigenvalue weighted by Gasteiger charge is -2.22. The maximum Gasteiger partial charge on any atom is 0.417 e. The van der Waals surface area contributed by atoms with Crippen LogP contribution in [-0.4, -0.2) is 65.6 Å². The maximum atomic E-state index is 12.8. The molecule has 0 aliphatic carbocycles. The minimum atomic E-state index is -4.59. The van der Waals surface area contributed by atoms with Crippen LogP contribution in [0.1, 0.15) is 18.9 Å². The molecule has 1 aromatic heterocycles. The molecule has 0 bridgehead atoms. The molecule has 2 rings (SSSR count). The summed E-state index contributed by atoms with van der Waals surface area (Å²) in [7, 11) is 0. The average molecular weight is 389 g/mol. The third kappa shape index (κ3) is 6.09. The molecule has 10 heteroatoms. The van der Waals surface area contributed by atoms with Gasteiger partial charge < -0.3 is 14.2 Å². The van der Waals surface area contributed by atoms with Gasteiger partial charge in [0.1, 0.15) is 6.54 Å². The maximum absolute atomic E-state index is 12.8. The van der Waals surface area contributed by atoms with E-state index in [2.05, 4.69) is 0 Å². The van der Waals surface area contributed by atoms with Crippen LogP contribution in [-0.2, 0) is 27.0 Å². The minimum absolute atomic E-state index is 0.128. The van der Waals surface area contributed by atoms with E-state index in [1.54, 1.807) is 6.92 Å². The highest BCUT2D eigenvalue weighted by Crippen LogP contribution is 2.28. The second-order valence-corrected chi connectivity index (χ2v) is 6.20. The molecule has 1 amide bonds. The van der Waals surface area contributed by atoms with Crippen LogP contribution in [0.2, 0.25) is 0 Å². The van der Waals surface area contributed by atoms with Crippen molar-refractivity contribution in [3.8, 4) is 0 Å². The zero-order chi connectivity index (χ0) is 20.0. The largest absolute Gasteiger partial charge is 0.465 e. The molecule has 1 aromatic rings. The number of esters is 1. The Morgan fingerprint density at radius 3 is 2.52 bits per heavy atom. The Kier molecular flexibility index (Phi) is 7.00. The summed E-state index contributed by atoms with van der Waals surface area (Å²) in [4.78, 5) is 39.1. The Morgan fingerprint density at radius 1 is 1.11 bits per heavy atom. The first kappa shape index (κ1) is 20.9. The van der Waals surface area contributed by atoms with Gasteiger partial charge in [-0.1, -0.05) is 0 Å². The number of rotatable bonds is 5. The summed E-state index contributed by atoms with van der Waals surface area (Å²) >= 11 is 0. The van der Waals surface area contributed by atoms with E-state index in [9.17, 15) is 27.6 Å². The predicted octanol–water partition coefficient (Wildman–Crippen LogP) is 0.965. The topological polar surface area (TPSA) is 71.8 Å². The molecule has 150 valence electrons. The van der Waals surface area contributed by atoms with Crippen LogP contribution in [0.3, 0.4) is 0 Å². The normalized spacial score (nSPS) is 16.1. The molecule has 2 heterocycles. The third-order valence-corrected chi connectivity index (χ3v) is 4.22. The number of hydrogen-bond acceptors (Lipinski definition) is 5. The monoisotopic (exact) mass is 389 g/mol. The lowest BCUT2D eigenvalue weighted by molar-refractivity contribution is -0.144. The van der Waals surface area contributed by atoms with Gasteiger partial charge in [-0.15, -0.1) is 0 Å². The molecule has 1 aliphatic rings. The summed E-state index contributed by atoms with van der Waals surface area (Å²) in [6.45, 7) is 3.47. The molecular formula is C17H22F3N3O4. The van der Waals surface area contributed by atoms with Crippen molar-refractivity contribution in [2.45, 2.75) is 26.1 Å². The van der Waals surface area contributed by atoms with E-state index in [0.717, 1.165) is 10.6 Å². The smallest absolute Gasteiger partial charge is 0.417 e. The number of pyridine rings is 1. The molecule has 0 unspecified atom stereocenters. The molecular weight excluding hydrogens is 367 g/mol. The van der Waals surface area contributed by atoms with Crippen LogP contribution < -0.4 is 5.56 Å². The standard InChI is InChI=1S/C17H22F3N3O4/c1-2-27-16(26)12-21-6-3-7-22(9-8-21)15(25)11-23-10-13(17(18,19)20)4-5-14(23)24/h4-5,10H,2-3,6-9,11-12H2,1H3. The third-order valence-electron chi connectivity index (χ3n) is 4.22. The predicted molar refractivity (Wildman–Crippen MR) is 90.0 cm³/mol. The van der Waals surface area contributed by atoms with E-state index >= 15 is 0 Å². The lowest BCUT2D eigenvalue weighted by atomic mass is 10.2. The van der Waals surface area contributed by atoms with Crippen LogP contribution in [0.15, 0.2) is 23.1 Å². The Morgan fingerprint density at radius 2 is 1.85 bits per heavy atom. The average Bonchev–Trinajstić information content (AvgIpc) is 2.81. The molecule has 1 saturated heterocycles. The van der Waals surface area contributed by atoms with Crippen molar-refractivity contribution in [2.75, 3.05) is 39.3 Å². The Balaban J connectivity index is 1.99. The highest BCUT2D eigenvalue weighted by atomic mass is 19.4. The van der Waals surface area contributed by atoms with E-state index < -0.39 is 29.8 Å². The summed E-state index contributed by atoms with van der Waals surface area (Å²) in [5, 5.41) is 0. The number of alkyl halides is 3. The minimum Gasteiger partial charge on any atom is -0.465 e. The summed E-state index contributed by atoms with van der Waals surface area (Å²) in [6, 6.07) is 1.50. The van der Waals surface area contributed by atoms with Crippen molar-refractivity contribution < 1.29 is 27.5 Å². The molecule has 7 nitrogen and oxygen atoms in total. The van der Waals surface area contributed by atoms with Gasteiger partial charge in [-0.2, -0.15) is 13.2 Å². The number of aromatic nitrogens is 1. The molecule has 0 N–H and O–H groups in total. The second-order valence-electron chi connectivity index (χ2n) is 6.20. The van der Waals surface area contributed by atoms with Crippen LogP contribution in [0, 0.1) is 0 Å². The van der Waals surface area contributed by atoms with Gasteiger partial charge in [0.05, 0.1) is 18.7 Å². The van der Waals surface area contributed by atoms with Gasteiger partial charge in [0.25, 0.3) is 5.56 Å². The van der Waals surface area contributed by atoms with Crippen molar-refractivity contribution in [3.05, 3.63) is 34.2 Å². The molecule has 0 spiro atoms. The first-order valence-corrected chi connectivity index (χ1v) is 8.64. The van der Waals surface area contributed by atoms with Crippen LogP contribution in [0.25, 0.3) is 0 Å². The fourth-order valence-corrected chi connectivity index (χ4v) is 2.84. The number of carbonyl (C=O) groups is 2. The summed E-state index contributed by atoms with van der Waals surface area (Å²) in [5.74, 6) is -0.776. The summed E-state index contributed by atoms with van der Waals surface area (Å²) < 4.78 is 44.1. The first-order chi connectivity index (χ1) is 12.7. The van der Waals surface area contributed by atoms with Gasteiger partial charge in [0.2, 0.25) is 5.91 Å². The Bertz CT molecular complexity index is 733. The molecule has 1 aliphatic heterocycles. The van der Waals surface area contributed by atoms with Gasteiger partial charge in [-0.3, -0.25) is 19.3 Å². The van der Waals surface area contributed by atoms with E-state index in [-0.39, 0.29) is 12.5 Å². The van der Waals surface area contributed by atoms with Crippen LogP contribution in [0.5, 0.6) is 0 Å². The highest BCUT2D eigenvalue weighted by Gasteiger charge is 2.31. The summed E-state index contributed by atoms with van der Waals surface area (Å²) in [6.07, 6.45) is -3.32. The van der Waals surface area contributed by atoms with Crippen molar-refractivity contribution in [3.63, 3.8) is 0 Å². The van der Waals surface area contributed by atoms with Crippen LogP contribution in [0.4, 0.5) is 13.2 Å². The van der Waals surface area contributed by atoms with Crippen molar-refractivity contribution >= 4 is 11.9 Å². The number of halogens is 3. The van der Waals surface area contributed by atoms with E-state index in [1.165, 1.54) is 4.90 Å². The second kappa shape index (κ2) is 9.03. The van der Waals surface area contributed by atoms with E-state index in [4.69, 9.17) is 4.74 Å². The number of carbonyl (C=O) groups excluding carboxylic acids is 2. The molecule has 0 aromatic carbocycles. The fraction of sp³-hybridized carbons (Fsp3) is 0.588. The number of hydrogen-bond donors (Lipinski definition) is 0. The SMILES string of the molecule is CCOC(=O)CN1CCCN(C(=O)Cn2cc(C(F)(F)F)ccc2=O)CC1. The molecule has 1 fully saturated rings. The first-order valence-electron chi connectivity index (χ1n) is 8.64. The molecule has 0 saturated carbocycles. The van der Waals surface area contributed by atoms with Gasteiger partial charge >= 0.3 is 12.1 Å². The van der Waals surface area contributed by atoms with Crippen LogP contribution >= 0.6 is 0 Å². The zero-order valence-electron chi connectivity index (χ0n) is 15.0. The fourth-order valence-electron chi connectivity index (χ4n) is 2.84. The van der Waals surface area contributed by atoms with E-state index in [1.807, 2.05) is 4.90 Å². The summed E-state index contributed by atoms with van der Waals surface area (Å²) in [5.41, 5.74) is -1.65. The molecule has 0 atom stereocenters. The Hall–Kier alpha value is -2.36.